The monoisotopic (exact) mass is 240 g/mol. The largest absolute Gasteiger partial charge is 0.479 e. The van der Waals surface area contributed by atoms with Gasteiger partial charge in [0.25, 0.3) is 5.91 Å². The smallest absolute Gasteiger partial charge is 0.335 e. The fourth-order valence-electron chi connectivity index (χ4n) is 1.26. The average Bonchev–Trinajstić information content (AvgIpc) is 2.36. The number of nitrogens with one attached hydrogen (secondary N) is 1. The first-order valence-electron chi connectivity index (χ1n) is 4.67. The van der Waals surface area contributed by atoms with Gasteiger partial charge in [-0.3, -0.25) is 10.2 Å². The van der Waals surface area contributed by atoms with Crippen LogP contribution in [0, 0.1) is 0 Å². The number of carbonyl (C=O) groups is 2. The van der Waals surface area contributed by atoms with E-state index in [0.717, 1.165) is 0 Å². The van der Waals surface area contributed by atoms with Gasteiger partial charge in [0.1, 0.15) is 6.10 Å². The number of carbonyl (C=O) groups excluding carboxylic acids is 1. The minimum Gasteiger partial charge on any atom is -0.479 e. The molecule has 1 aromatic carbocycles. The molecule has 0 bridgehead atoms. The van der Waals surface area contributed by atoms with Crippen LogP contribution < -0.4 is 11.3 Å². The molecule has 92 valence electrons. The van der Waals surface area contributed by atoms with Gasteiger partial charge in [0, 0.05) is 5.56 Å². The lowest BCUT2D eigenvalue weighted by Gasteiger charge is -2.14. The summed E-state index contributed by atoms with van der Waals surface area (Å²) in [6, 6.07) is 5.52. The predicted molar refractivity (Wildman–Crippen MR) is 56.7 cm³/mol. The standard InChI is InChI=1S/C10H12N2O5/c11-12-9(15)6-3-1-2-5(4-6)7(13)8(14)10(16)17/h1-4,7-8,13-14H,11H2,(H,12,15)(H,16,17). The molecule has 1 rings (SSSR count). The Balaban J connectivity index is 2.99. The summed E-state index contributed by atoms with van der Waals surface area (Å²) in [7, 11) is 0. The van der Waals surface area contributed by atoms with Crippen molar-refractivity contribution in [1.82, 2.24) is 5.43 Å². The maximum absolute atomic E-state index is 11.2. The SMILES string of the molecule is NNC(=O)c1cccc(C(O)C(O)C(=O)O)c1. The van der Waals surface area contributed by atoms with Crippen LogP contribution in [0.4, 0.5) is 0 Å². The van der Waals surface area contributed by atoms with Crippen LogP contribution in [0.5, 0.6) is 0 Å². The van der Waals surface area contributed by atoms with E-state index < -0.39 is 24.1 Å². The van der Waals surface area contributed by atoms with Gasteiger partial charge >= 0.3 is 5.97 Å². The lowest BCUT2D eigenvalue weighted by atomic mass is 10.0. The number of aliphatic carboxylic acids is 1. The van der Waals surface area contributed by atoms with E-state index in [0.29, 0.717) is 0 Å². The maximum atomic E-state index is 11.2. The molecule has 0 aliphatic heterocycles. The minimum absolute atomic E-state index is 0.112. The Morgan fingerprint density at radius 3 is 2.47 bits per heavy atom. The molecule has 0 spiro atoms. The fraction of sp³-hybridized carbons (Fsp3) is 0.200. The number of aliphatic hydroxyl groups excluding tert-OH is 2. The van der Waals surface area contributed by atoms with E-state index in [-0.39, 0.29) is 11.1 Å². The minimum atomic E-state index is -1.95. The van der Waals surface area contributed by atoms with Gasteiger partial charge in [-0.15, -0.1) is 0 Å². The van der Waals surface area contributed by atoms with Crippen molar-refractivity contribution in [1.29, 1.82) is 0 Å². The van der Waals surface area contributed by atoms with Gasteiger partial charge in [-0.25, -0.2) is 10.6 Å². The molecule has 0 aromatic heterocycles. The first-order valence-corrected chi connectivity index (χ1v) is 4.67. The third-order valence-electron chi connectivity index (χ3n) is 2.17. The number of carboxylic acid groups (broad SMARTS) is 1. The van der Waals surface area contributed by atoms with Crippen molar-refractivity contribution < 1.29 is 24.9 Å². The van der Waals surface area contributed by atoms with Crippen molar-refractivity contribution in [3.8, 4) is 0 Å². The Morgan fingerprint density at radius 1 is 1.29 bits per heavy atom. The fourth-order valence-corrected chi connectivity index (χ4v) is 1.26. The number of amides is 1. The molecule has 0 fully saturated rings. The molecule has 0 aliphatic rings. The van der Waals surface area contributed by atoms with Crippen LogP contribution in [0.25, 0.3) is 0 Å². The van der Waals surface area contributed by atoms with Crippen LogP contribution in [-0.2, 0) is 4.79 Å². The number of aliphatic hydroxyl groups is 2. The summed E-state index contributed by atoms with van der Waals surface area (Å²) in [5, 5.41) is 27.2. The maximum Gasteiger partial charge on any atom is 0.335 e. The number of hydrogen-bond donors (Lipinski definition) is 5. The Morgan fingerprint density at radius 2 is 1.94 bits per heavy atom. The summed E-state index contributed by atoms with van der Waals surface area (Å²) in [5.41, 5.74) is 2.17. The zero-order valence-corrected chi connectivity index (χ0v) is 8.70. The van der Waals surface area contributed by atoms with E-state index >= 15 is 0 Å². The van der Waals surface area contributed by atoms with E-state index in [9.17, 15) is 14.7 Å². The molecule has 0 saturated carbocycles. The van der Waals surface area contributed by atoms with Crippen molar-refractivity contribution >= 4 is 11.9 Å². The molecule has 0 saturated heterocycles. The number of rotatable bonds is 4. The molecule has 7 heteroatoms. The summed E-state index contributed by atoms with van der Waals surface area (Å²) in [6.07, 6.45) is -3.57. The molecular weight excluding hydrogens is 228 g/mol. The van der Waals surface area contributed by atoms with Gasteiger partial charge in [-0.2, -0.15) is 0 Å². The first-order chi connectivity index (χ1) is 7.97. The molecule has 6 N–H and O–H groups in total. The second kappa shape index (κ2) is 5.39. The number of nitrogens with two attached hydrogens (primary N) is 1. The normalized spacial score (nSPS) is 13.8. The molecule has 0 heterocycles. The van der Waals surface area contributed by atoms with E-state index in [1.807, 2.05) is 5.43 Å². The number of hydrazine groups is 1. The molecule has 0 radical (unpaired) electrons. The van der Waals surface area contributed by atoms with Gasteiger partial charge in [0.2, 0.25) is 0 Å². The predicted octanol–water partition coefficient (Wildman–Crippen LogP) is -1.23. The molecule has 2 unspecified atom stereocenters. The van der Waals surface area contributed by atoms with E-state index in [1.165, 1.54) is 24.3 Å². The second-order valence-corrected chi connectivity index (χ2v) is 3.33. The third-order valence-corrected chi connectivity index (χ3v) is 2.17. The van der Waals surface area contributed by atoms with Crippen molar-refractivity contribution in [2.24, 2.45) is 5.84 Å². The summed E-state index contributed by atoms with van der Waals surface area (Å²) in [4.78, 5) is 21.7. The molecule has 2 atom stereocenters. The molecule has 17 heavy (non-hydrogen) atoms. The van der Waals surface area contributed by atoms with Gasteiger partial charge in [-0.05, 0) is 17.7 Å². The summed E-state index contributed by atoms with van der Waals surface area (Å²) in [5.74, 6) is 2.80. The Labute approximate surface area is 96.5 Å². The van der Waals surface area contributed by atoms with Crippen molar-refractivity contribution in [3.05, 3.63) is 35.4 Å². The summed E-state index contributed by atoms with van der Waals surface area (Å²) in [6.45, 7) is 0. The molecule has 1 aromatic rings. The van der Waals surface area contributed by atoms with Gasteiger partial charge in [0.05, 0.1) is 0 Å². The number of hydrogen-bond acceptors (Lipinski definition) is 5. The molecule has 1 amide bonds. The topological polar surface area (TPSA) is 133 Å². The highest BCUT2D eigenvalue weighted by atomic mass is 16.4. The van der Waals surface area contributed by atoms with Crippen molar-refractivity contribution in [2.45, 2.75) is 12.2 Å². The van der Waals surface area contributed by atoms with Crippen molar-refractivity contribution in [2.75, 3.05) is 0 Å². The number of benzene rings is 1. The van der Waals surface area contributed by atoms with Crippen LogP contribution >= 0.6 is 0 Å². The van der Waals surface area contributed by atoms with Crippen LogP contribution in [0.1, 0.15) is 22.0 Å². The summed E-state index contributed by atoms with van der Waals surface area (Å²) >= 11 is 0. The second-order valence-electron chi connectivity index (χ2n) is 3.33. The first kappa shape index (κ1) is 13.1. The highest BCUT2D eigenvalue weighted by Crippen LogP contribution is 2.18. The van der Waals surface area contributed by atoms with E-state index in [2.05, 4.69) is 0 Å². The lowest BCUT2D eigenvalue weighted by Crippen LogP contribution is -2.30. The van der Waals surface area contributed by atoms with Crippen LogP contribution in [-0.4, -0.2) is 33.3 Å². The molecule has 0 aliphatic carbocycles. The Bertz CT molecular complexity index is 434. The Kier molecular flexibility index (Phi) is 4.16. The third kappa shape index (κ3) is 3.00. The van der Waals surface area contributed by atoms with Gasteiger partial charge < -0.3 is 15.3 Å². The van der Waals surface area contributed by atoms with E-state index in [1.54, 1.807) is 0 Å². The van der Waals surface area contributed by atoms with Crippen molar-refractivity contribution in [3.63, 3.8) is 0 Å². The number of carboxylic acids is 1. The van der Waals surface area contributed by atoms with Crippen LogP contribution in [0.3, 0.4) is 0 Å². The highest BCUT2D eigenvalue weighted by molar-refractivity contribution is 5.93. The Hall–Kier alpha value is -1.96. The highest BCUT2D eigenvalue weighted by Gasteiger charge is 2.25. The van der Waals surface area contributed by atoms with Crippen LogP contribution in [0.2, 0.25) is 0 Å². The van der Waals surface area contributed by atoms with Crippen LogP contribution in [0.15, 0.2) is 24.3 Å². The van der Waals surface area contributed by atoms with E-state index in [4.69, 9.17) is 16.1 Å². The average molecular weight is 240 g/mol. The zero-order chi connectivity index (χ0) is 13.0. The zero-order valence-electron chi connectivity index (χ0n) is 8.70. The van der Waals surface area contributed by atoms with Gasteiger partial charge in [-0.1, -0.05) is 12.1 Å². The molecular formula is C10H12N2O5. The summed E-state index contributed by atoms with van der Waals surface area (Å²) < 4.78 is 0. The molecule has 7 nitrogen and oxygen atoms in total. The quantitative estimate of drug-likeness (QED) is 0.254. The lowest BCUT2D eigenvalue weighted by molar-refractivity contribution is -0.153. The number of nitrogen functional groups attached to an aromatic ring is 1. The van der Waals surface area contributed by atoms with Gasteiger partial charge in [0.15, 0.2) is 6.10 Å².